The van der Waals surface area contributed by atoms with E-state index in [9.17, 15) is 4.79 Å². The molecule has 0 rings (SSSR count). The first kappa shape index (κ1) is 15.8. The van der Waals surface area contributed by atoms with Crippen LogP contribution in [0, 0.1) is 5.41 Å². The highest BCUT2D eigenvalue weighted by Crippen LogP contribution is 2.23. The Morgan fingerprint density at radius 3 is 2.31 bits per heavy atom. The maximum Gasteiger partial charge on any atom is 0.312 e. The van der Waals surface area contributed by atoms with Crippen LogP contribution < -0.4 is 0 Å². The standard InChI is InChI=1S/C12H25NO2S/c1-6-13(7-2)8-9-16-10-12(3,4)11(14)15-5/h6-10H2,1-5H3. The first-order valence-electron chi connectivity index (χ1n) is 5.86. The summed E-state index contributed by atoms with van der Waals surface area (Å²) in [4.78, 5) is 13.8. The molecule has 0 aliphatic heterocycles. The van der Waals surface area contributed by atoms with Crippen LogP contribution in [0.1, 0.15) is 27.7 Å². The van der Waals surface area contributed by atoms with Crippen LogP contribution in [0.25, 0.3) is 0 Å². The van der Waals surface area contributed by atoms with Crippen LogP contribution in [0.3, 0.4) is 0 Å². The lowest BCUT2D eigenvalue weighted by Gasteiger charge is -2.22. The zero-order valence-corrected chi connectivity index (χ0v) is 12.0. The fraction of sp³-hybridized carbons (Fsp3) is 0.917. The third-order valence-electron chi connectivity index (χ3n) is 2.65. The first-order chi connectivity index (χ1) is 7.47. The summed E-state index contributed by atoms with van der Waals surface area (Å²) in [6.45, 7) is 11.5. The molecule has 0 bridgehead atoms. The molecule has 0 aromatic heterocycles. The van der Waals surface area contributed by atoms with Crippen molar-refractivity contribution in [2.45, 2.75) is 27.7 Å². The number of thioether (sulfide) groups is 1. The molecule has 3 nitrogen and oxygen atoms in total. The summed E-state index contributed by atoms with van der Waals surface area (Å²) in [5.74, 6) is 1.77. The summed E-state index contributed by atoms with van der Waals surface area (Å²) in [6, 6.07) is 0. The van der Waals surface area contributed by atoms with Gasteiger partial charge in [0.05, 0.1) is 12.5 Å². The van der Waals surface area contributed by atoms with Gasteiger partial charge in [-0.05, 0) is 26.9 Å². The third kappa shape index (κ3) is 5.75. The molecule has 0 saturated carbocycles. The van der Waals surface area contributed by atoms with Gasteiger partial charge in [-0.1, -0.05) is 13.8 Å². The summed E-state index contributed by atoms with van der Waals surface area (Å²) < 4.78 is 4.77. The Labute approximate surface area is 104 Å². The highest BCUT2D eigenvalue weighted by Gasteiger charge is 2.28. The first-order valence-corrected chi connectivity index (χ1v) is 7.01. The highest BCUT2D eigenvalue weighted by atomic mass is 32.2. The quantitative estimate of drug-likeness (QED) is 0.486. The van der Waals surface area contributed by atoms with Crippen molar-refractivity contribution in [3.05, 3.63) is 0 Å². The summed E-state index contributed by atoms with van der Waals surface area (Å²) in [6.07, 6.45) is 0. The number of nitrogens with zero attached hydrogens (tertiary/aromatic N) is 1. The van der Waals surface area contributed by atoms with E-state index in [2.05, 4.69) is 18.7 Å². The van der Waals surface area contributed by atoms with Gasteiger partial charge in [0.1, 0.15) is 0 Å². The second-order valence-corrected chi connectivity index (χ2v) is 5.56. The maximum atomic E-state index is 11.4. The van der Waals surface area contributed by atoms with E-state index < -0.39 is 0 Å². The molecule has 0 saturated heterocycles. The van der Waals surface area contributed by atoms with Crippen LogP contribution in [-0.4, -0.2) is 49.1 Å². The topological polar surface area (TPSA) is 29.5 Å². The molecule has 0 aromatic rings. The molecule has 0 amide bonds. The van der Waals surface area contributed by atoms with Gasteiger partial charge < -0.3 is 9.64 Å². The molecule has 0 unspecified atom stereocenters. The van der Waals surface area contributed by atoms with E-state index in [1.54, 1.807) is 0 Å². The van der Waals surface area contributed by atoms with E-state index >= 15 is 0 Å². The number of ether oxygens (including phenoxy) is 1. The minimum absolute atomic E-state index is 0.122. The SMILES string of the molecule is CCN(CC)CCSCC(C)(C)C(=O)OC. The van der Waals surface area contributed by atoms with Crippen molar-refractivity contribution in [2.24, 2.45) is 5.41 Å². The molecule has 0 heterocycles. The molecule has 0 aliphatic rings. The van der Waals surface area contributed by atoms with Gasteiger partial charge in [-0.25, -0.2) is 0 Å². The largest absolute Gasteiger partial charge is 0.469 e. The molecule has 0 aliphatic carbocycles. The van der Waals surface area contributed by atoms with Crippen LogP contribution in [0.15, 0.2) is 0 Å². The van der Waals surface area contributed by atoms with Crippen LogP contribution in [-0.2, 0) is 9.53 Å². The summed E-state index contributed by atoms with van der Waals surface area (Å²) in [7, 11) is 1.45. The number of esters is 1. The van der Waals surface area contributed by atoms with E-state index in [0.717, 1.165) is 31.1 Å². The molecule has 0 N–H and O–H groups in total. The van der Waals surface area contributed by atoms with Gasteiger partial charge in [-0.2, -0.15) is 11.8 Å². The molecule has 16 heavy (non-hydrogen) atoms. The predicted octanol–water partition coefficient (Wildman–Crippen LogP) is 2.26. The number of rotatable bonds is 8. The van der Waals surface area contributed by atoms with Gasteiger partial charge in [0.25, 0.3) is 0 Å². The van der Waals surface area contributed by atoms with Crippen molar-refractivity contribution in [1.29, 1.82) is 0 Å². The number of carbonyl (C=O) groups is 1. The van der Waals surface area contributed by atoms with E-state index in [-0.39, 0.29) is 11.4 Å². The van der Waals surface area contributed by atoms with Gasteiger partial charge in [-0.3, -0.25) is 4.79 Å². The molecule has 0 fully saturated rings. The second-order valence-electron chi connectivity index (χ2n) is 4.45. The van der Waals surface area contributed by atoms with Gasteiger partial charge in [0.2, 0.25) is 0 Å². The number of hydrogen-bond acceptors (Lipinski definition) is 4. The Kier molecular flexibility index (Phi) is 7.85. The predicted molar refractivity (Wildman–Crippen MR) is 70.9 cm³/mol. The van der Waals surface area contributed by atoms with Crippen LogP contribution in [0.5, 0.6) is 0 Å². The molecule has 4 heteroatoms. The molecule has 0 aromatic carbocycles. The third-order valence-corrected chi connectivity index (χ3v) is 4.04. The van der Waals surface area contributed by atoms with Gasteiger partial charge in [-0.15, -0.1) is 0 Å². The van der Waals surface area contributed by atoms with E-state index in [0.29, 0.717) is 0 Å². The van der Waals surface area contributed by atoms with Crippen molar-refractivity contribution < 1.29 is 9.53 Å². The molecule has 0 spiro atoms. The number of carbonyl (C=O) groups excluding carboxylic acids is 1. The summed E-state index contributed by atoms with van der Waals surface area (Å²) in [5, 5.41) is 0. The minimum atomic E-state index is -0.372. The lowest BCUT2D eigenvalue weighted by Crippen LogP contribution is -2.29. The summed E-state index contributed by atoms with van der Waals surface area (Å²) >= 11 is 1.82. The van der Waals surface area contributed by atoms with Crippen LogP contribution in [0.2, 0.25) is 0 Å². The normalized spacial score (nSPS) is 11.9. The average molecular weight is 247 g/mol. The van der Waals surface area contributed by atoms with Crippen molar-refractivity contribution >= 4 is 17.7 Å². The Morgan fingerprint density at radius 2 is 1.88 bits per heavy atom. The van der Waals surface area contributed by atoms with Crippen molar-refractivity contribution in [1.82, 2.24) is 4.90 Å². The van der Waals surface area contributed by atoms with Gasteiger partial charge in [0, 0.05) is 18.1 Å². The van der Waals surface area contributed by atoms with E-state index in [1.807, 2.05) is 25.6 Å². The number of methoxy groups -OCH3 is 1. The zero-order chi connectivity index (χ0) is 12.6. The smallest absolute Gasteiger partial charge is 0.312 e. The van der Waals surface area contributed by atoms with Crippen molar-refractivity contribution in [3.63, 3.8) is 0 Å². The van der Waals surface area contributed by atoms with Crippen molar-refractivity contribution in [3.8, 4) is 0 Å². The molecular weight excluding hydrogens is 222 g/mol. The lowest BCUT2D eigenvalue weighted by atomic mass is 9.97. The average Bonchev–Trinajstić information content (AvgIpc) is 2.28. The Morgan fingerprint density at radius 1 is 1.31 bits per heavy atom. The molecule has 0 radical (unpaired) electrons. The maximum absolute atomic E-state index is 11.4. The molecular formula is C12H25NO2S. The van der Waals surface area contributed by atoms with Gasteiger partial charge >= 0.3 is 5.97 Å². The minimum Gasteiger partial charge on any atom is -0.469 e. The Bertz CT molecular complexity index is 203. The monoisotopic (exact) mass is 247 g/mol. The molecule has 0 atom stereocenters. The van der Waals surface area contributed by atoms with Gasteiger partial charge in [0.15, 0.2) is 0 Å². The molecule has 96 valence electrons. The number of hydrogen-bond donors (Lipinski definition) is 0. The van der Waals surface area contributed by atoms with E-state index in [1.165, 1.54) is 7.11 Å². The van der Waals surface area contributed by atoms with Crippen LogP contribution in [0.4, 0.5) is 0 Å². The fourth-order valence-electron chi connectivity index (χ4n) is 1.40. The summed E-state index contributed by atoms with van der Waals surface area (Å²) in [5.41, 5.74) is -0.372. The van der Waals surface area contributed by atoms with Crippen molar-refractivity contribution in [2.75, 3.05) is 38.2 Å². The highest BCUT2D eigenvalue weighted by molar-refractivity contribution is 7.99. The van der Waals surface area contributed by atoms with Crippen LogP contribution >= 0.6 is 11.8 Å². The zero-order valence-electron chi connectivity index (χ0n) is 11.2. The Balaban J connectivity index is 3.77. The fourth-order valence-corrected chi connectivity index (χ4v) is 2.56. The van der Waals surface area contributed by atoms with E-state index in [4.69, 9.17) is 4.74 Å². The Hall–Kier alpha value is -0.220. The lowest BCUT2D eigenvalue weighted by molar-refractivity contribution is -0.149. The second kappa shape index (κ2) is 7.96.